The van der Waals surface area contributed by atoms with Gasteiger partial charge in [0.25, 0.3) is 0 Å². The Balaban J connectivity index is 0.00000200. The van der Waals surface area contributed by atoms with Crippen LogP contribution in [0.1, 0.15) is 11.6 Å². The van der Waals surface area contributed by atoms with Crippen molar-refractivity contribution in [2.45, 2.75) is 12.4 Å². The number of hydrogen-bond acceptors (Lipinski definition) is 4. The van der Waals surface area contributed by atoms with Gasteiger partial charge in [0.05, 0.1) is 13.2 Å². The maximum absolute atomic E-state index is 12.1. The van der Waals surface area contributed by atoms with Crippen LogP contribution in [0.25, 0.3) is 0 Å². The molecule has 2 rings (SSSR count). The highest BCUT2D eigenvalue weighted by Crippen LogP contribution is 2.33. The zero-order chi connectivity index (χ0) is 14.0. The summed E-state index contributed by atoms with van der Waals surface area (Å²) >= 11 is 0. The minimum Gasteiger partial charge on any atom is -0.496 e. The highest BCUT2D eigenvalue weighted by molar-refractivity contribution is 5.85. The van der Waals surface area contributed by atoms with Crippen LogP contribution in [0.5, 0.6) is 11.5 Å². The smallest absolute Gasteiger partial charge is 0.496 e. The van der Waals surface area contributed by atoms with Gasteiger partial charge >= 0.3 is 12.5 Å². The fourth-order valence-corrected chi connectivity index (χ4v) is 1.73. The monoisotopic (exact) mass is 313 g/mol. The van der Waals surface area contributed by atoms with E-state index in [0.29, 0.717) is 5.56 Å². The number of methoxy groups -OCH3 is 1. The van der Waals surface area contributed by atoms with Crippen molar-refractivity contribution in [1.82, 2.24) is 5.32 Å². The Hall–Kier alpha value is -1.83. The van der Waals surface area contributed by atoms with E-state index in [0.717, 1.165) is 12.1 Å². The molecular formula is C11H11ClF3NO4. The summed E-state index contributed by atoms with van der Waals surface area (Å²) in [5, 5.41) is 2.51. The Morgan fingerprint density at radius 1 is 1.40 bits per heavy atom. The lowest BCUT2D eigenvalue weighted by atomic mass is 10.1. The summed E-state index contributed by atoms with van der Waals surface area (Å²) in [7, 11) is 1.31. The van der Waals surface area contributed by atoms with Gasteiger partial charge < -0.3 is 19.5 Å². The molecule has 1 aliphatic heterocycles. The number of carbonyl (C=O) groups is 1. The van der Waals surface area contributed by atoms with Crippen molar-refractivity contribution >= 4 is 18.5 Å². The zero-order valence-electron chi connectivity index (χ0n) is 10.2. The number of ether oxygens (including phenoxy) is 3. The minimum atomic E-state index is -4.77. The molecule has 1 fully saturated rings. The van der Waals surface area contributed by atoms with Gasteiger partial charge in [-0.05, 0) is 12.1 Å². The Bertz CT molecular complexity index is 495. The van der Waals surface area contributed by atoms with Crippen LogP contribution in [0, 0.1) is 0 Å². The van der Waals surface area contributed by atoms with Crippen molar-refractivity contribution in [3.05, 3.63) is 23.8 Å². The van der Waals surface area contributed by atoms with Crippen LogP contribution in [0.3, 0.4) is 0 Å². The van der Waals surface area contributed by atoms with Gasteiger partial charge in [-0.25, -0.2) is 4.79 Å². The predicted octanol–water partition coefficient (Wildman–Crippen LogP) is 2.80. The zero-order valence-corrected chi connectivity index (χ0v) is 11.0. The Morgan fingerprint density at radius 3 is 2.60 bits per heavy atom. The number of amides is 1. The number of rotatable bonds is 3. The number of carbonyl (C=O) groups excluding carboxylic acids is 1. The number of halogens is 4. The van der Waals surface area contributed by atoms with Crippen LogP contribution in [-0.4, -0.2) is 26.2 Å². The largest absolute Gasteiger partial charge is 0.573 e. The molecule has 1 amide bonds. The molecule has 0 bridgehead atoms. The number of benzene rings is 1. The lowest BCUT2D eigenvalue weighted by Crippen LogP contribution is -2.19. The van der Waals surface area contributed by atoms with E-state index in [2.05, 4.69) is 10.1 Å². The standard InChI is InChI=1S/C11H10F3NO4.ClH/c1-17-9-4-6(19-11(12,13)14)2-3-7(9)8-5-18-10(16)15-8;/h2-4,8H,5H2,1H3,(H,15,16);1H/t8-;/m0./s1. The Labute approximate surface area is 118 Å². The molecule has 0 spiro atoms. The summed E-state index contributed by atoms with van der Waals surface area (Å²) in [6, 6.07) is 3.19. The van der Waals surface area contributed by atoms with E-state index in [-0.39, 0.29) is 24.8 Å². The molecule has 112 valence electrons. The first-order valence-electron chi connectivity index (χ1n) is 5.26. The van der Waals surface area contributed by atoms with Gasteiger partial charge in [0.15, 0.2) is 0 Å². The SMILES string of the molecule is COc1cc(OC(F)(F)F)ccc1[C@@H]1COC(=O)N1.Cl. The fourth-order valence-electron chi connectivity index (χ4n) is 1.73. The maximum Gasteiger partial charge on any atom is 0.573 e. The van der Waals surface area contributed by atoms with Crippen molar-refractivity contribution in [3.8, 4) is 11.5 Å². The second kappa shape index (κ2) is 6.08. The van der Waals surface area contributed by atoms with Gasteiger partial charge in [-0.15, -0.1) is 25.6 Å². The van der Waals surface area contributed by atoms with Crippen molar-refractivity contribution in [2.75, 3.05) is 13.7 Å². The molecule has 1 aromatic rings. The van der Waals surface area contributed by atoms with Gasteiger partial charge in [-0.3, -0.25) is 0 Å². The Kier molecular flexibility index (Phi) is 4.93. The quantitative estimate of drug-likeness (QED) is 0.932. The summed E-state index contributed by atoms with van der Waals surface area (Å²) in [6.45, 7) is 0.0919. The maximum atomic E-state index is 12.1. The van der Waals surface area contributed by atoms with Crippen LogP contribution < -0.4 is 14.8 Å². The van der Waals surface area contributed by atoms with E-state index >= 15 is 0 Å². The minimum absolute atomic E-state index is 0. The average molecular weight is 314 g/mol. The highest BCUT2D eigenvalue weighted by Gasteiger charge is 2.32. The van der Waals surface area contributed by atoms with Crippen molar-refractivity contribution < 1.29 is 32.2 Å². The number of hydrogen-bond donors (Lipinski definition) is 1. The summed E-state index contributed by atoms with van der Waals surface area (Å²) in [5.41, 5.74) is 0.517. The molecule has 1 aliphatic rings. The molecule has 0 aliphatic carbocycles. The fraction of sp³-hybridized carbons (Fsp3) is 0.364. The van der Waals surface area contributed by atoms with Crippen LogP contribution in [0.15, 0.2) is 18.2 Å². The van der Waals surface area contributed by atoms with Gasteiger partial charge in [0.2, 0.25) is 0 Å². The number of alkyl carbamates (subject to hydrolysis) is 1. The molecule has 5 nitrogen and oxygen atoms in total. The van der Waals surface area contributed by atoms with Crippen LogP contribution >= 0.6 is 12.4 Å². The first kappa shape index (κ1) is 16.2. The van der Waals surface area contributed by atoms with E-state index in [1.54, 1.807) is 0 Å². The van der Waals surface area contributed by atoms with E-state index < -0.39 is 24.2 Å². The third-order valence-corrected chi connectivity index (χ3v) is 2.49. The molecular weight excluding hydrogens is 303 g/mol. The van der Waals surface area contributed by atoms with Gasteiger partial charge in [0.1, 0.15) is 18.1 Å². The lowest BCUT2D eigenvalue weighted by molar-refractivity contribution is -0.274. The summed E-state index contributed by atoms with van der Waals surface area (Å²) in [4.78, 5) is 10.9. The highest BCUT2D eigenvalue weighted by atomic mass is 35.5. The molecule has 9 heteroatoms. The third-order valence-electron chi connectivity index (χ3n) is 2.49. The molecule has 0 aromatic heterocycles. The molecule has 0 radical (unpaired) electrons. The number of cyclic esters (lactones) is 1. The van der Waals surface area contributed by atoms with E-state index in [4.69, 9.17) is 9.47 Å². The third kappa shape index (κ3) is 3.83. The van der Waals surface area contributed by atoms with Crippen molar-refractivity contribution in [3.63, 3.8) is 0 Å². The molecule has 20 heavy (non-hydrogen) atoms. The first-order chi connectivity index (χ1) is 8.89. The molecule has 0 unspecified atom stereocenters. The van der Waals surface area contributed by atoms with Crippen LogP contribution in [-0.2, 0) is 4.74 Å². The first-order valence-corrected chi connectivity index (χ1v) is 5.26. The summed E-state index contributed by atoms with van der Waals surface area (Å²) in [5.74, 6) is -0.212. The average Bonchev–Trinajstić information content (AvgIpc) is 2.73. The van der Waals surface area contributed by atoms with Crippen LogP contribution in [0.4, 0.5) is 18.0 Å². The van der Waals surface area contributed by atoms with Gasteiger partial charge in [-0.2, -0.15) is 0 Å². The normalized spacial score (nSPS) is 17.8. The number of nitrogens with one attached hydrogen (secondary N) is 1. The Morgan fingerprint density at radius 2 is 2.10 bits per heavy atom. The topological polar surface area (TPSA) is 56.8 Å². The second-order valence-electron chi connectivity index (χ2n) is 3.75. The molecule has 1 heterocycles. The van der Waals surface area contributed by atoms with Crippen LogP contribution in [0.2, 0.25) is 0 Å². The van der Waals surface area contributed by atoms with E-state index in [9.17, 15) is 18.0 Å². The van der Waals surface area contributed by atoms with Gasteiger partial charge in [-0.1, -0.05) is 0 Å². The second-order valence-corrected chi connectivity index (χ2v) is 3.75. The van der Waals surface area contributed by atoms with Crippen molar-refractivity contribution in [2.24, 2.45) is 0 Å². The summed E-state index contributed by atoms with van der Waals surface area (Å²) < 4.78 is 49.8. The number of alkyl halides is 3. The predicted molar refractivity (Wildman–Crippen MR) is 64.1 cm³/mol. The molecule has 1 saturated heterocycles. The van der Waals surface area contributed by atoms with Crippen molar-refractivity contribution in [1.29, 1.82) is 0 Å². The van der Waals surface area contributed by atoms with Gasteiger partial charge in [0, 0.05) is 11.6 Å². The molecule has 1 aromatic carbocycles. The molecule has 0 saturated carbocycles. The lowest BCUT2D eigenvalue weighted by Gasteiger charge is -2.15. The summed E-state index contributed by atoms with van der Waals surface area (Å²) in [6.07, 6.45) is -5.35. The van der Waals surface area contributed by atoms with E-state index in [1.807, 2.05) is 0 Å². The molecule has 1 N–H and O–H groups in total. The molecule has 1 atom stereocenters. The van der Waals surface area contributed by atoms with E-state index in [1.165, 1.54) is 13.2 Å².